The molecule has 0 heterocycles. The second-order valence-electron chi connectivity index (χ2n) is 3.67. The van der Waals surface area contributed by atoms with Crippen molar-refractivity contribution in [3.63, 3.8) is 0 Å². The first-order valence-corrected chi connectivity index (χ1v) is 4.37. The van der Waals surface area contributed by atoms with Crippen molar-refractivity contribution in [2.24, 2.45) is 11.7 Å². The summed E-state index contributed by atoms with van der Waals surface area (Å²) in [5, 5.41) is 8.24. The first-order chi connectivity index (χ1) is 6.44. The summed E-state index contributed by atoms with van der Waals surface area (Å²) in [7, 11) is 0. The molecule has 1 amide bonds. The van der Waals surface area contributed by atoms with Crippen LogP contribution in [0, 0.1) is 5.92 Å². The normalized spacial score (nSPS) is 19.9. The fourth-order valence-corrected chi connectivity index (χ4v) is 1.14. The average molecular weight is 202 g/mol. The van der Waals surface area contributed by atoms with Crippen LogP contribution in [0.5, 0.6) is 0 Å². The van der Waals surface area contributed by atoms with Gasteiger partial charge in [0.2, 0.25) is 0 Å². The number of aliphatic carboxylic acids is 1. The van der Waals surface area contributed by atoms with Crippen LogP contribution in [0.15, 0.2) is 0 Å². The zero-order chi connectivity index (χ0) is 10.8. The van der Waals surface area contributed by atoms with Gasteiger partial charge in [-0.25, -0.2) is 10.3 Å². The van der Waals surface area contributed by atoms with Gasteiger partial charge in [-0.3, -0.25) is 9.63 Å². The second-order valence-corrected chi connectivity index (χ2v) is 3.67. The Morgan fingerprint density at radius 2 is 2.21 bits per heavy atom. The predicted octanol–water partition coefficient (Wildman–Crippen LogP) is -0.754. The zero-order valence-corrected chi connectivity index (χ0v) is 7.95. The minimum atomic E-state index is -1.14. The Labute approximate surface area is 81.4 Å². The van der Waals surface area contributed by atoms with Crippen LogP contribution in [-0.4, -0.2) is 29.1 Å². The number of hydroxylamine groups is 1. The smallest absolute Gasteiger partial charge is 0.332 e. The molecule has 0 spiro atoms. The molecule has 80 valence electrons. The summed E-state index contributed by atoms with van der Waals surface area (Å²) in [6.45, 7) is 1.05. The molecule has 1 saturated carbocycles. The van der Waals surface area contributed by atoms with Crippen LogP contribution in [0.25, 0.3) is 0 Å². The molecule has 0 aromatic carbocycles. The van der Waals surface area contributed by atoms with Crippen molar-refractivity contribution in [1.82, 2.24) is 5.48 Å². The largest absolute Gasteiger partial charge is 0.479 e. The number of carbonyl (C=O) groups is 2. The van der Waals surface area contributed by atoms with Crippen LogP contribution in [0.4, 0.5) is 0 Å². The summed E-state index contributed by atoms with van der Waals surface area (Å²) in [6.07, 6.45) is 1.86. The minimum Gasteiger partial charge on any atom is -0.479 e. The monoisotopic (exact) mass is 202 g/mol. The molecule has 6 heteroatoms. The van der Waals surface area contributed by atoms with E-state index in [4.69, 9.17) is 10.8 Å². The molecule has 1 rings (SSSR count). The molecule has 0 saturated heterocycles. The van der Waals surface area contributed by atoms with Gasteiger partial charge < -0.3 is 10.8 Å². The highest BCUT2D eigenvalue weighted by Gasteiger charge is 2.44. The third kappa shape index (κ3) is 2.68. The third-order valence-corrected chi connectivity index (χ3v) is 2.28. The van der Waals surface area contributed by atoms with Crippen LogP contribution < -0.4 is 11.2 Å². The summed E-state index contributed by atoms with van der Waals surface area (Å²) in [5.41, 5.74) is 6.81. The fraction of sp³-hybridized carbons (Fsp3) is 0.750. The maximum atomic E-state index is 11.4. The van der Waals surface area contributed by atoms with E-state index in [1.54, 1.807) is 6.92 Å². The van der Waals surface area contributed by atoms with Crippen LogP contribution in [0.2, 0.25) is 0 Å². The molecule has 0 bridgehead atoms. The highest BCUT2D eigenvalue weighted by molar-refractivity contribution is 5.85. The van der Waals surface area contributed by atoms with Gasteiger partial charge in [-0.2, -0.15) is 0 Å². The number of nitrogens with one attached hydrogen (secondary N) is 1. The molecule has 1 fully saturated rings. The quantitative estimate of drug-likeness (QED) is 0.509. The van der Waals surface area contributed by atoms with Crippen molar-refractivity contribution in [3.05, 3.63) is 0 Å². The highest BCUT2D eigenvalue weighted by atomic mass is 16.7. The molecular weight excluding hydrogens is 188 g/mol. The van der Waals surface area contributed by atoms with E-state index in [1.165, 1.54) is 0 Å². The van der Waals surface area contributed by atoms with Crippen LogP contribution in [-0.2, 0) is 14.4 Å². The van der Waals surface area contributed by atoms with Gasteiger partial charge in [0.15, 0.2) is 6.61 Å². The lowest BCUT2D eigenvalue weighted by Gasteiger charge is -2.22. The highest BCUT2D eigenvalue weighted by Crippen LogP contribution is 2.37. The Bertz CT molecular complexity index is 248. The molecule has 1 aliphatic rings. The lowest BCUT2D eigenvalue weighted by atomic mass is 9.97. The number of hydrogen-bond acceptors (Lipinski definition) is 4. The average Bonchev–Trinajstić information content (AvgIpc) is 2.85. The zero-order valence-electron chi connectivity index (χ0n) is 7.95. The number of rotatable bonds is 5. The van der Waals surface area contributed by atoms with Gasteiger partial charge in [0.05, 0.1) is 5.54 Å². The maximum Gasteiger partial charge on any atom is 0.332 e. The molecule has 0 aliphatic heterocycles. The maximum absolute atomic E-state index is 11.4. The van der Waals surface area contributed by atoms with Gasteiger partial charge in [-0.15, -0.1) is 0 Å². The molecule has 0 radical (unpaired) electrons. The summed E-state index contributed by atoms with van der Waals surface area (Å²) >= 11 is 0. The number of amides is 1. The number of carboxylic acids is 1. The van der Waals surface area contributed by atoms with Gasteiger partial charge in [-0.05, 0) is 25.7 Å². The first-order valence-electron chi connectivity index (χ1n) is 4.37. The SMILES string of the molecule is CC(N)(C(=O)NOCC(=O)O)C1CC1. The Hall–Kier alpha value is -1.14. The fourth-order valence-electron chi connectivity index (χ4n) is 1.14. The standard InChI is InChI=1S/C8H14N2O4/c1-8(9,5-2-3-5)7(13)10-14-4-6(11)12/h5H,2-4,9H2,1H3,(H,10,13)(H,11,12). The van der Waals surface area contributed by atoms with Crippen LogP contribution in [0.1, 0.15) is 19.8 Å². The Morgan fingerprint density at radius 3 is 2.64 bits per heavy atom. The first kappa shape index (κ1) is 10.9. The molecule has 0 aromatic rings. The number of carboxylic acid groups (broad SMARTS) is 1. The third-order valence-electron chi connectivity index (χ3n) is 2.28. The van der Waals surface area contributed by atoms with E-state index in [0.717, 1.165) is 12.8 Å². The Morgan fingerprint density at radius 1 is 1.64 bits per heavy atom. The van der Waals surface area contributed by atoms with E-state index >= 15 is 0 Å². The van der Waals surface area contributed by atoms with Crippen molar-refractivity contribution in [2.75, 3.05) is 6.61 Å². The molecule has 1 atom stereocenters. The van der Waals surface area contributed by atoms with E-state index in [1.807, 2.05) is 5.48 Å². The van der Waals surface area contributed by atoms with E-state index in [2.05, 4.69) is 4.84 Å². The minimum absolute atomic E-state index is 0.177. The van der Waals surface area contributed by atoms with Crippen molar-refractivity contribution in [1.29, 1.82) is 0 Å². The predicted molar refractivity (Wildman–Crippen MR) is 47.0 cm³/mol. The van der Waals surface area contributed by atoms with Gasteiger partial charge in [0.25, 0.3) is 5.91 Å². The van der Waals surface area contributed by atoms with Gasteiger partial charge in [0, 0.05) is 0 Å². The van der Waals surface area contributed by atoms with E-state index in [9.17, 15) is 9.59 Å². The van der Waals surface area contributed by atoms with E-state index in [0.29, 0.717) is 0 Å². The summed E-state index contributed by atoms with van der Waals surface area (Å²) in [6, 6.07) is 0. The van der Waals surface area contributed by atoms with E-state index < -0.39 is 24.0 Å². The van der Waals surface area contributed by atoms with Crippen molar-refractivity contribution in [3.8, 4) is 0 Å². The van der Waals surface area contributed by atoms with Gasteiger partial charge >= 0.3 is 5.97 Å². The van der Waals surface area contributed by atoms with Crippen LogP contribution in [0.3, 0.4) is 0 Å². The number of carbonyl (C=O) groups excluding carboxylic acids is 1. The number of nitrogens with two attached hydrogens (primary N) is 1. The molecule has 1 aliphatic carbocycles. The molecular formula is C8H14N2O4. The summed E-state index contributed by atoms with van der Waals surface area (Å²) in [5.74, 6) is -1.44. The van der Waals surface area contributed by atoms with Gasteiger partial charge in [-0.1, -0.05) is 0 Å². The molecule has 4 N–H and O–H groups in total. The summed E-state index contributed by atoms with van der Waals surface area (Å²) < 4.78 is 0. The Kier molecular flexibility index (Phi) is 3.07. The summed E-state index contributed by atoms with van der Waals surface area (Å²) in [4.78, 5) is 25.9. The van der Waals surface area contributed by atoms with Crippen molar-refractivity contribution >= 4 is 11.9 Å². The lowest BCUT2D eigenvalue weighted by molar-refractivity contribution is -0.151. The van der Waals surface area contributed by atoms with Crippen LogP contribution >= 0.6 is 0 Å². The Balaban J connectivity index is 2.30. The molecule has 1 unspecified atom stereocenters. The lowest BCUT2D eigenvalue weighted by Crippen LogP contribution is -2.53. The topological polar surface area (TPSA) is 102 Å². The van der Waals surface area contributed by atoms with Crippen molar-refractivity contribution < 1.29 is 19.5 Å². The van der Waals surface area contributed by atoms with E-state index in [-0.39, 0.29) is 5.92 Å². The van der Waals surface area contributed by atoms with Gasteiger partial charge in [0.1, 0.15) is 0 Å². The second kappa shape index (κ2) is 3.93. The van der Waals surface area contributed by atoms with Crippen molar-refractivity contribution in [2.45, 2.75) is 25.3 Å². The molecule has 14 heavy (non-hydrogen) atoms. The molecule has 6 nitrogen and oxygen atoms in total. The number of hydrogen-bond donors (Lipinski definition) is 3. The molecule has 0 aromatic heterocycles.